The van der Waals surface area contributed by atoms with Gasteiger partial charge in [0.1, 0.15) is 6.04 Å². The summed E-state index contributed by atoms with van der Waals surface area (Å²) in [7, 11) is 0. The highest BCUT2D eigenvalue weighted by atomic mass is 16.3. The molecule has 20 heavy (non-hydrogen) atoms. The molecule has 0 saturated heterocycles. The first kappa shape index (κ1) is 14.1. The first-order valence-electron chi connectivity index (χ1n) is 6.09. The lowest BCUT2D eigenvalue weighted by atomic mass is 10.2. The number of nitrogens with one attached hydrogen (secondary N) is 1. The zero-order valence-corrected chi connectivity index (χ0v) is 11.2. The van der Waals surface area contributed by atoms with Crippen LogP contribution in [0.4, 0.5) is 5.69 Å². The van der Waals surface area contributed by atoms with Crippen LogP contribution in [0.1, 0.15) is 12.7 Å². The van der Waals surface area contributed by atoms with Crippen LogP contribution in [0.15, 0.2) is 24.3 Å². The number of hydrogen-bond acceptors (Lipinski definition) is 6. The Morgan fingerprint density at radius 2 is 2.25 bits per heavy atom. The van der Waals surface area contributed by atoms with Gasteiger partial charge in [-0.25, -0.2) is 0 Å². The number of carbonyl (C=O) groups is 1. The fourth-order valence-electron chi connectivity index (χ4n) is 1.63. The molecule has 0 saturated carbocycles. The Hall–Kier alpha value is -2.32. The highest BCUT2D eigenvalue weighted by Gasteiger charge is 2.18. The maximum atomic E-state index is 11.8. The molecule has 1 heterocycles. The lowest BCUT2D eigenvalue weighted by Crippen LogP contribution is -2.43. The largest absolute Gasteiger partial charge is 0.391 e. The van der Waals surface area contributed by atoms with Crippen LogP contribution in [0.2, 0.25) is 0 Å². The molecule has 4 N–H and O–H groups in total. The van der Waals surface area contributed by atoms with Gasteiger partial charge in [0.05, 0.1) is 11.8 Å². The highest BCUT2D eigenvalue weighted by molar-refractivity contribution is 5.95. The third kappa shape index (κ3) is 2.98. The van der Waals surface area contributed by atoms with Gasteiger partial charge in [0.15, 0.2) is 5.82 Å². The molecule has 1 aromatic carbocycles. The summed E-state index contributed by atoms with van der Waals surface area (Å²) >= 11 is 0. The molecule has 0 fully saturated rings. The summed E-state index contributed by atoms with van der Waals surface area (Å²) in [6, 6.07) is 6.04. The number of anilines is 1. The second-order valence-electron chi connectivity index (χ2n) is 4.44. The second-order valence-corrected chi connectivity index (χ2v) is 4.44. The number of nitrogens with two attached hydrogens (primary N) is 1. The van der Waals surface area contributed by atoms with Gasteiger partial charge in [0.2, 0.25) is 5.91 Å². The fraction of sp³-hybridized carbons (Fsp3) is 0.333. The smallest absolute Gasteiger partial charge is 0.243 e. The summed E-state index contributed by atoms with van der Waals surface area (Å²) in [4.78, 5) is 11.8. The van der Waals surface area contributed by atoms with E-state index in [1.807, 2.05) is 6.07 Å². The summed E-state index contributed by atoms with van der Waals surface area (Å²) in [5.41, 5.74) is 6.84. The molecule has 2 rings (SSSR count). The molecular formula is C12H16N6O2. The molecule has 0 bridgehead atoms. The minimum Gasteiger partial charge on any atom is -0.391 e. The molecule has 8 nitrogen and oxygen atoms in total. The summed E-state index contributed by atoms with van der Waals surface area (Å²) in [6.45, 7) is 3.24. The van der Waals surface area contributed by atoms with Gasteiger partial charge in [-0.15, -0.1) is 5.10 Å². The number of carbonyl (C=O) groups excluding carboxylic acids is 1. The topological polar surface area (TPSA) is 119 Å². The monoisotopic (exact) mass is 276 g/mol. The summed E-state index contributed by atoms with van der Waals surface area (Å²) < 4.78 is 1.55. The summed E-state index contributed by atoms with van der Waals surface area (Å²) in [5, 5.41) is 23.1. The number of aromatic nitrogens is 4. The van der Waals surface area contributed by atoms with Gasteiger partial charge in [0.25, 0.3) is 0 Å². The van der Waals surface area contributed by atoms with Crippen molar-refractivity contribution in [1.29, 1.82) is 0 Å². The van der Waals surface area contributed by atoms with E-state index in [9.17, 15) is 9.90 Å². The minimum absolute atomic E-state index is 0.453. The average molecular weight is 276 g/mol. The number of aliphatic hydroxyl groups is 1. The SMILES string of the molecule is Cc1nnnn1-c1cccc(NC(=O)[C@@H](N)[C@@H](C)O)c1. The lowest BCUT2D eigenvalue weighted by Gasteiger charge is -2.15. The van der Waals surface area contributed by atoms with E-state index in [0.29, 0.717) is 11.5 Å². The Morgan fingerprint density at radius 1 is 1.50 bits per heavy atom. The zero-order chi connectivity index (χ0) is 14.7. The predicted octanol–water partition coefficient (Wildman–Crippen LogP) is -0.383. The molecule has 0 aliphatic rings. The van der Waals surface area contributed by atoms with Crippen LogP contribution in [0, 0.1) is 6.92 Å². The number of benzene rings is 1. The van der Waals surface area contributed by atoms with Crippen LogP contribution >= 0.6 is 0 Å². The van der Waals surface area contributed by atoms with Gasteiger partial charge in [-0.1, -0.05) is 6.07 Å². The van der Waals surface area contributed by atoms with Gasteiger partial charge >= 0.3 is 0 Å². The second kappa shape index (κ2) is 5.76. The first-order chi connectivity index (χ1) is 9.49. The van der Waals surface area contributed by atoms with Crippen LogP contribution in [-0.2, 0) is 4.79 Å². The van der Waals surface area contributed by atoms with Crippen LogP contribution in [0.3, 0.4) is 0 Å². The number of tetrazole rings is 1. The van der Waals surface area contributed by atoms with Gasteiger partial charge in [0, 0.05) is 5.69 Å². The van der Waals surface area contributed by atoms with E-state index in [4.69, 9.17) is 5.73 Å². The van der Waals surface area contributed by atoms with Crippen molar-refractivity contribution < 1.29 is 9.90 Å². The molecule has 0 aliphatic heterocycles. The van der Waals surface area contributed by atoms with E-state index < -0.39 is 18.1 Å². The number of hydrogen-bond donors (Lipinski definition) is 3. The number of amides is 1. The molecule has 0 spiro atoms. The maximum Gasteiger partial charge on any atom is 0.243 e. The van der Waals surface area contributed by atoms with Gasteiger partial charge in [-0.3, -0.25) is 4.79 Å². The Bertz CT molecular complexity index is 609. The highest BCUT2D eigenvalue weighted by Crippen LogP contribution is 2.14. The van der Waals surface area contributed by atoms with E-state index in [-0.39, 0.29) is 0 Å². The Kier molecular flexibility index (Phi) is 4.06. The molecule has 1 amide bonds. The first-order valence-corrected chi connectivity index (χ1v) is 6.09. The Labute approximate surface area is 115 Å². The van der Waals surface area contributed by atoms with Crippen molar-refractivity contribution in [1.82, 2.24) is 20.2 Å². The van der Waals surface area contributed by atoms with Crippen molar-refractivity contribution in [2.24, 2.45) is 5.73 Å². The van der Waals surface area contributed by atoms with Gasteiger partial charge in [-0.05, 0) is 42.5 Å². The Morgan fingerprint density at radius 3 is 2.85 bits per heavy atom. The maximum absolute atomic E-state index is 11.8. The van der Waals surface area contributed by atoms with Crippen molar-refractivity contribution in [2.45, 2.75) is 26.0 Å². The molecule has 0 unspecified atom stereocenters. The molecule has 0 radical (unpaired) electrons. The van der Waals surface area contributed by atoms with E-state index in [1.54, 1.807) is 29.8 Å². The normalized spacial score (nSPS) is 13.8. The van der Waals surface area contributed by atoms with Gasteiger partial charge in [-0.2, -0.15) is 4.68 Å². The van der Waals surface area contributed by atoms with Crippen molar-refractivity contribution in [3.05, 3.63) is 30.1 Å². The van der Waals surface area contributed by atoms with Crippen molar-refractivity contribution in [3.63, 3.8) is 0 Å². The van der Waals surface area contributed by atoms with E-state index in [2.05, 4.69) is 20.8 Å². The number of rotatable bonds is 4. The van der Waals surface area contributed by atoms with Crippen molar-refractivity contribution >= 4 is 11.6 Å². The summed E-state index contributed by atoms with van der Waals surface area (Å²) in [6.07, 6.45) is -0.917. The number of aliphatic hydroxyl groups excluding tert-OH is 1. The quantitative estimate of drug-likeness (QED) is 0.700. The molecule has 2 atom stereocenters. The molecule has 2 aromatic rings. The van der Waals surface area contributed by atoms with Crippen LogP contribution in [0.5, 0.6) is 0 Å². The van der Waals surface area contributed by atoms with Crippen LogP contribution < -0.4 is 11.1 Å². The van der Waals surface area contributed by atoms with E-state index >= 15 is 0 Å². The average Bonchev–Trinajstić information content (AvgIpc) is 2.84. The minimum atomic E-state index is -0.978. The summed E-state index contributed by atoms with van der Waals surface area (Å²) in [5.74, 6) is 0.180. The fourth-order valence-corrected chi connectivity index (χ4v) is 1.63. The van der Waals surface area contributed by atoms with E-state index in [1.165, 1.54) is 6.92 Å². The molecule has 1 aromatic heterocycles. The molecule has 0 aliphatic carbocycles. The molecular weight excluding hydrogens is 260 g/mol. The lowest BCUT2D eigenvalue weighted by molar-refractivity contribution is -0.119. The van der Waals surface area contributed by atoms with Crippen molar-refractivity contribution in [3.8, 4) is 5.69 Å². The Balaban J connectivity index is 2.19. The molecule has 8 heteroatoms. The number of nitrogens with zero attached hydrogens (tertiary/aromatic N) is 4. The van der Waals surface area contributed by atoms with Gasteiger partial charge < -0.3 is 16.2 Å². The predicted molar refractivity (Wildman–Crippen MR) is 72.2 cm³/mol. The third-order valence-corrected chi connectivity index (χ3v) is 2.81. The van der Waals surface area contributed by atoms with Crippen molar-refractivity contribution in [2.75, 3.05) is 5.32 Å². The standard InChI is InChI=1S/C12H16N6O2/c1-7(19)11(13)12(20)14-9-4-3-5-10(6-9)18-8(2)15-16-17-18/h3-7,11,19H,13H2,1-2H3,(H,14,20)/t7-,11+/m1/s1. The van der Waals surface area contributed by atoms with Crippen LogP contribution in [-0.4, -0.2) is 43.4 Å². The number of aryl methyl sites for hydroxylation is 1. The third-order valence-electron chi connectivity index (χ3n) is 2.81. The van der Waals surface area contributed by atoms with Crippen LogP contribution in [0.25, 0.3) is 5.69 Å². The zero-order valence-electron chi connectivity index (χ0n) is 11.2. The molecule has 106 valence electrons. The van der Waals surface area contributed by atoms with E-state index in [0.717, 1.165) is 5.69 Å².